The molecule has 2 fully saturated rings. The topological polar surface area (TPSA) is 352 Å². The number of nitrogens with one attached hydrogen (secondary N) is 5. The number of nitrogens with two attached hydrogens (primary N) is 1. The maximum Gasteiger partial charge on any atom is 1.00 e. The molecule has 10 N–H and O–H groups in total. The fourth-order valence-corrected chi connectivity index (χ4v) is 10.5. The van der Waals surface area contributed by atoms with Crippen molar-refractivity contribution in [2.45, 2.75) is 86.2 Å². The summed E-state index contributed by atoms with van der Waals surface area (Å²) >= 11 is 0. The van der Waals surface area contributed by atoms with Gasteiger partial charge in [0.25, 0.3) is 11.8 Å². The molecule has 0 radical (unpaired) electrons. The Morgan fingerprint density at radius 3 is 1.31 bits per heavy atom. The number of fused-ring (bicyclic) bond motifs is 1. The SMILES string of the molecule is CC(=O)NO.C[C-](C)C.Cc1cc(C(=O)Nc2cc(C(NCC3CC3)c3ccccc3)ccc2F)n(-c2ccc(F)c(C#N)c2)n1.Cc1cc(C(=O)Nc2cc(C(NCC3CC3)c3ccccc3)ccc2F)n(-c2ccc3onc(N)c3c2)n1.Cc1cc(C(=O)O)n(-c2ccc(F)c(C#N)c2)n1.[K+].[OH-]. The van der Waals surface area contributed by atoms with Crippen molar-refractivity contribution in [3.63, 3.8) is 0 Å². The monoisotopic (exact) mass is 1440 g/mol. The van der Waals surface area contributed by atoms with Crippen LogP contribution in [0.4, 0.5) is 34.8 Å². The summed E-state index contributed by atoms with van der Waals surface area (Å²) in [5.74, 6) is -2.05. The Morgan fingerprint density at radius 2 is 0.933 bits per heavy atom. The molecule has 0 saturated heterocycles. The Labute approximate surface area is 639 Å². The van der Waals surface area contributed by atoms with E-state index in [0.717, 1.165) is 52.2 Å². The number of nitrogen functional groups attached to an aromatic ring is 1. The zero-order valence-electron chi connectivity index (χ0n) is 58.2. The maximum absolute atomic E-state index is 15.0. The number of carboxylic acid groups (broad SMARTS) is 1. The minimum atomic E-state index is -1.14. The molecule has 28 heteroatoms. The number of carbonyl (C=O) groups is 4. The van der Waals surface area contributed by atoms with Gasteiger partial charge < -0.3 is 48.0 Å². The van der Waals surface area contributed by atoms with Crippen molar-refractivity contribution in [1.82, 2.24) is 50.6 Å². The number of hydrogen-bond donors (Lipinski definition) is 8. The Balaban J connectivity index is 0.000000214. The number of carbonyl (C=O) groups excluding carboxylic acids is 3. The van der Waals surface area contributed by atoms with Crippen LogP contribution in [0.1, 0.15) is 147 Å². The molecular weight excluding hydrogens is 1370 g/mol. The number of hydrogen-bond acceptors (Lipinski definition) is 16. The van der Waals surface area contributed by atoms with Crippen molar-refractivity contribution in [2.24, 2.45) is 11.8 Å². The quantitative estimate of drug-likeness (QED) is 0.0130. The first-order valence-electron chi connectivity index (χ1n) is 32.4. The van der Waals surface area contributed by atoms with Crippen molar-refractivity contribution < 1.29 is 108 Å². The first-order chi connectivity index (χ1) is 48.9. The summed E-state index contributed by atoms with van der Waals surface area (Å²) in [7, 11) is 0. The Bertz CT molecular complexity index is 4890. The molecule has 4 heterocycles. The molecule has 7 aromatic carbocycles. The van der Waals surface area contributed by atoms with E-state index in [4.69, 9.17) is 25.8 Å². The standard InChI is InChI=1S/C29H25F2N5O.C29H27FN6O2.C12H8FN3O2.C4H9.C2H5NO2.K.H2O/c1-18-13-27(36(35-18)23-10-12-24(30)22(14-23)16-32)29(37)34-26-15-21(9-11-25(26)31)28(33-17-19-7-8-19)20-5-3-2-4-6-20;1-17-13-25(36(34-17)21-10-12-26-22(15-21)28(31)35-38-26)29(37)33-24-14-20(9-11-23(24)30)27(32-16-18-7-8-18)19-5-3-2-4-6-19;1-7-4-11(12(17)18)16(15-7)9-2-3-10(13)8(5-9)6-14;1-4(2)3;1-2(4)3-5;;/h2-6,9-15,19,28,33H,7-8,17H2,1H3,(H,34,37);2-6,9-15,18,27,32H,7-8,16H2,1H3,(H2,31,35)(H,33,37);2-5H,1H3,(H,17,18);1-3H3;5H,1H3,(H,3,4);;1H2/q;;;-1;;+1;/p-1. The van der Waals surface area contributed by atoms with Gasteiger partial charge in [-0.05, 0) is 191 Å². The number of amides is 3. The number of nitriles is 2. The largest absolute Gasteiger partial charge is 1.00 e. The van der Waals surface area contributed by atoms with Crippen LogP contribution >= 0.6 is 0 Å². The van der Waals surface area contributed by atoms with Gasteiger partial charge in [-0.3, -0.25) is 19.6 Å². The number of anilines is 3. The molecule has 23 nitrogen and oxygen atoms in total. The molecule has 2 unspecified atom stereocenters. The predicted molar refractivity (Wildman–Crippen MR) is 378 cm³/mol. The van der Waals surface area contributed by atoms with Gasteiger partial charge in [0, 0.05) is 6.92 Å². The smallest absolute Gasteiger partial charge is 0.870 e. The second-order valence-corrected chi connectivity index (χ2v) is 24.8. The number of aromatic carboxylic acids is 1. The Morgan fingerprint density at radius 1 is 0.567 bits per heavy atom. The molecule has 2 saturated carbocycles. The van der Waals surface area contributed by atoms with Crippen molar-refractivity contribution in [3.05, 3.63) is 267 Å². The predicted octanol–water partition coefficient (Wildman–Crippen LogP) is 10.9. The van der Waals surface area contributed by atoms with E-state index >= 15 is 0 Å². The number of carboxylic acids is 1. The van der Waals surface area contributed by atoms with Crippen LogP contribution in [0.15, 0.2) is 174 Å². The van der Waals surface area contributed by atoms with E-state index < -0.39 is 47.0 Å². The number of hydroxylamine groups is 1. The van der Waals surface area contributed by atoms with E-state index in [1.807, 2.05) is 60.7 Å². The van der Waals surface area contributed by atoms with Crippen LogP contribution in [-0.2, 0) is 4.79 Å². The average molecular weight is 1440 g/mol. The summed E-state index contributed by atoms with van der Waals surface area (Å²) in [5.41, 5.74) is 14.8. The third kappa shape index (κ3) is 21.8. The fraction of sp³-hybridized carbons (Fsp3) is 0.224. The number of halogens is 4. The number of aryl methyl sites for hydroxylation is 3. The first kappa shape index (κ1) is 80.8. The van der Waals surface area contributed by atoms with Gasteiger partial charge in [0.05, 0.1) is 74.1 Å². The van der Waals surface area contributed by atoms with E-state index in [-0.39, 0.29) is 114 Å². The van der Waals surface area contributed by atoms with Crippen LogP contribution in [0, 0.1) is 84.5 Å². The minimum absolute atomic E-state index is 0. The van der Waals surface area contributed by atoms with Crippen LogP contribution < -0.4 is 83.9 Å². The zero-order valence-corrected chi connectivity index (χ0v) is 61.3. The molecule has 0 spiro atoms. The van der Waals surface area contributed by atoms with E-state index in [1.54, 1.807) is 87.5 Å². The molecule has 2 aliphatic carbocycles. The molecule has 104 heavy (non-hydrogen) atoms. The second kappa shape index (κ2) is 37.6. The first-order valence-corrected chi connectivity index (χ1v) is 32.4. The average Bonchev–Trinajstić information content (AvgIpc) is 1.55. The van der Waals surface area contributed by atoms with E-state index in [1.165, 1.54) is 95.8 Å². The summed E-state index contributed by atoms with van der Waals surface area (Å²) in [6.45, 7) is 14.4. The van der Waals surface area contributed by atoms with Crippen molar-refractivity contribution >= 4 is 51.9 Å². The van der Waals surface area contributed by atoms with Gasteiger partial charge in [-0.1, -0.05) is 78.0 Å². The van der Waals surface area contributed by atoms with E-state index in [0.29, 0.717) is 56.9 Å². The summed E-state index contributed by atoms with van der Waals surface area (Å²) in [6, 6.07) is 50.2. The number of rotatable bonds is 18. The molecule has 0 bridgehead atoms. The van der Waals surface area contributed by atoms with Gasteiger partial charge in [-0.15, -0.1) is 0 Å². The van der Waals surface area contributed by atoms with Gasteiger partial charge in [-0.2, -0.15) is 46.6 Å². The molecule has 13 rings (SSSR count). The molecule has 3 amide bonds. The second-order valence-electron chi connectivity index (χ2n) is 24.8. The van der Waals surface area contributed by atoms with Crippen LogP contribution in [0.25, 0.3) is 28.0 Å². The van der Waals surface area contributed by atoms with E-state index in [9.17, 15) is 42.0 Å². The van der Waals surface area contributed by atoms with Crippen LogP contribution in [0.3, 0.4) is 0 Å². The Hall–Kier alpha value is -10.5. The third-order valence-electron chi connectivity index (χ3n) is 15.7. The van der Waals surface area contributed by atoms with Crippen molar-refractivity contribution in [2.75, 3.05) is 29.5 Å². The van der Waals surface area contributed by atoms with Gasteiger partial charge in [0.15, 0.2) is 17.1 Å². The molecular formula is C76H75F4KN15O8-. The Kier molecular flexibility index (Phi) is 29.2. The number of aromatic nitrogens is 7. The minimum Gasteiger partial charge on any atom is -0.870 e. The normalized spacial score (nSPS) is 12.4. The summed E-state index contributed by atoms with van der Waals surface area (Å²) < 4.78 is 66.0. The number of benzene rings is 7. The third-order valence-corrected chi connectivity index (χ3v) is 15.7. The molecule has 4 aromatic heterocycles. The molecule has 532 valence electrons. The van der Waals surface area contributed by atoms with Gasteiger partial charge >= 0.3 is 57.4 Å². The summed E-state index contributed by atoms with van der Waals surface area (Å²) in [6.07, 6.45) is 4.86. The molecule has 11 aromatic rings. The van der Waals surface area contributed by atoms with Crippen LogP contribution in [-0.4, -0.2) is 87.1 Å². The molecule has 2 atom stereocenters. The fourth-order valence-electron chi connectivity index (χ4n) is 10.5. The summed E-state index contributed by atoms with van der Waals surface area (Å²) in [4.78, 5) is 47.2. The van der Waals surface area contributed by atoms with Crippen molar-refractivity contribution in [3.8, 4) is 29.2 Å². The summed E-state index contributed by atoms with van der Waals surface area (Å²) in [5, 5.41) is 64.3. The van der Waals surface area contributed by atoms with Gasteiger partial charge in [0.1, 0.15) is 46.8 Å². The number of nitrogens with zero attached hydrogens (tertiary/aromatic N) is 9. The molecule has 0 aliphatic heterocycles. The van der Waals surface area contributed by atoms with Crippen LogP contribution in [0.2, 0.25) is 0 Å². The van der Waals surface area contributed by atoms with Gasteiger partial charge in [-0.25, -0.2) is 41.9 Å². The van der Waals surface area contributed by atoms with Crippen LogP contribution in [0.5, 0.6) is 0 Å². The van der Waals surface area contributed by atoms with E-state index in [2.05, 4.69) is 62.5 Å². The van der Waals surface area contributed by atoms with Gasteiger partial charge in [0.2, 0.25) is 5.91 Å². The maximum atomic E-state index is 15.0. The molecule has 2 aliphatic rings. The zero-order chi connectivity index (χ0) is 73.3. The van der Waals surface area contributed by atoms with Crippen molar-refractivity contribution in [1.29, 1.82) is 10.5 Å².